The Morgan fingerprint density at radius 2 is 2.00 bits per heavy atom. The highest BCUT2D eigenvalue weighted by Crippen LogP contribution is 2.17. The van der Waals surface area contributed by atoms with E-state index in [9.17, 15) is 0 Å². The highest BCUT2D eigenvalue weighted by molar-refractivity contribution is 5.85. The summed E-state index contributed by atoms with van der Waals surface area (Å²) in [5, 5.41) is 12.2. The van der Waals surface area contributed by atoms with Gasteiger partial charge >= 0.3 is 0 Å². The number of halogens is 1. The van der Waals surface area contributed by atoms with Gasteiger partial charge in [-0.3, -0.25) is 0 Å². The van der Waals surface area contributed by atoms with Gasteiger partial charge in [0.1, 0.15) is 0 Å². The molecule has 108 valence electrons. The second kappa shape index (κ2) is 9.10. The maximum absolute atomic E-state index is 8.72. The fourth-order valence-electron chi connectivity index (χ4n) is 2.92. The summed E-state index contributed by atoms with van der Waals surface area (Å²) in [7, 11) is 0. The first-order valence-electron chi connectivity index (χ1n) is 7.04. The Kier molecular flexibility index (Phi) is 8.18. The Morgan fingerprint density at radius 1 is 1.22 bits per heavy atom. The molecule has 0 amide bonds. The van der Waals surface area contributed by atoms with E-state index in [4.69, 9.17) is 9.84 Å². The summed E-state index contributed by atoms with van der Waals surface area (Å²) in [5.41, 5.74) is 0. The molecule has 0 saturated carbocycles. The van der Waals surface area contributed by atoms with Gasteiger partial charge in [-0.15, -0.1) is 12.4 Å². The number of rotatable bonds is 5. The van der Waals surface area contributed by atoms with Gasteiger partial charge in [-0.05, 0) is 44.7 Å². The van der Waals surface area contributed by atoms with Crippen molar-refractivity contribution in [1.29, 1.82) is 0 Å². The number of piperidine rings is 2. The molecule has 2 aliphatic heterocycles. The third-order valence-corrected chi connectivity index (χ3v) is 3.89. The summed E-state index contributed by atoms with van der Waals surface area (Å²) in [4.78, 5) is 2.58. The largest absolute Gasteiger partial charge is 0.394 e. The lowest BCUT2D eigenvalue weighted by Crippen LogP contribution is -2.43. The molecule has 4 nitrogen and oxygen atoms in total. The monoisotopic (exact) mass is 278 g/mol. The molecule has 0 radical (unpaired) electrons. The molecule has 18 heavy (non-hydrogen) atoms. The van der Waals surface area contributed by atoms with Crippen LogP contribution in [-0.2, 0) is 4.74 Å². The van der Waals surface area contributed by atoms with Crippen molar-refractivity contribution >= 4 is 12.4 Å². The molecule has 0 bridgehead atoms. The van der Waals surface area contributed by atoms with Gasteiger partial charge in [0, 0.05) is 19.6 Å². The number of nitrogens with one attached hydrogen (secondary N) is 1. The van der Waals surface area contributed by atoms with E-state index in [0.717, 1.165) is 31.8 Å². The number of aliphatic hydroxyl groups is 1. The fraction of sp³-hybridized carbons (Fsp3) is 1.00. The lowest BCUT2D eigenvalue weighted by molar-refractivity contribution is -0.0104. The minimum atomic E-state index is 0. The van der Waals surface area contributed by atoms with Crippen molar-refractivity contribution in [2.45, 2.75) is 31.8 Å². The molecular weight excluding hydrogens is 252 g/mol. The molecule has 0 aliphatic carbocycles. The molecule has 0 aromatic carbocycles. The quantitative estimate of drug-likeness (QED) is 0.784. The lowest BCUT2D eigenvalue weighted by Gasteiger charge is -2.35. The van der Waals surface area contributed by atoms with Crippen LogP contribution < -0.4 is 5.32 Å². The van der Waals surface area contributed by atoms with E-state index in [1.807, 2.05) is 0 Å². The molecular formula is C13H27ClN2O2. The van der Waals surface area contributed by atoms with Crippen molar-refractivity contribution in [1.82, 2.24) is 10.2 Å². The highest BCUT2D eigenvalue weighted by atomic mass is 35.5. The third-order valence-electron chi connectivity index (χ3n) is 3.89. The molecule has 0 aromatic rings. The van der Waals surface area contributed by atoms with Gasteiger partial charge in [-0.1, -0.05) is 0 Å². The van der Waals surface area contributed by atoms with Gasteiger partial charge in [0.05, 0.1) is 19.3 Å². The Morgan fingerprint density at radius 3 is 2.61 bits per heavy atom. The average Bonchev–Trinajstić information content (AvgIpc) is 2.39. The minimum Gasteiger partial charge on any atom is -0.394 e. The van der Waals surface area contributed by atoms with Crippen molar-refractivity contribution in [3.63, 3.8) is 0 Å². The summed E-state index contributed by atoms with van der Waals surface area (Å²) in [5.74, 6) is 0.846. The summed E-state index contributed by atoms with van der Waals surface area (Å²) < 4.78 is 5.58. The van der Waals surface area contributed by atoms with Crippen LogP contribution in [0, 0.1) is 5.92 Å². The highest BCUT2D eigenvalue weighted by Gasteiger charge is 2.22. The van der Waals surface area contributed by atoms with E-state index < -0.39 is 0 Å². The van der Waals surface area contributed by atoms with E-state index in [2.05, 4.69) is 10.2 Å². The van der Waals surface area contributed by atoms with E-state index in [1.54, 1.807) is 0 Å². The second-order valence-electron chi connectivity index (χ2n) is 5.31. The Bertz CT molecular complexity index is 205. The first-order valence-corrected chi connectivity index (χ1v) is 7.04. The van der Waals surface area contributed by atoms with Crippen LogP contribution in [0.25, 0.3) is 0 Å². The molecule has 1 atom stereocenters. The molecule has 2 fully saturated rings. The fourth-order valence-corrected chi connectivity index (χ4v) is 2.92. The lowest BCUT2D eigenvalue weighted by atomic mass is 9.97. The zero-order valence-corrected chi connectivity index (χ0v) is 12.0. The predicted octanol–water partition coefficient (Wildman–Crippen LogP) is 0.881. The van der Waals surface area contributed by atoms with Crippen LogP contribution in [0.1, 0.15) is 25.7 Å². The summed E-state index contributed by atoms with van der Waals surface area (Å²) >= 11 is 0. The van der Waals surface area contributed by atoms with Crippen molar-refractivity contribution in [2.24, 2.45) is 5.92 Å². The summed E-state index contributed by atoms with van der Waals surface area (Å²) in [6.07, 6.45) is 5.34. The van der Waals surface area contributed by atoms with Crippen LogP contribution in [0.2, 0.25) is 0 Å². The molecule has 5 heteroatoms. The van der Waals surface area contributed by atoms with Crippen LogP contribution in [0.4, 0.5) is 0 Å². The first kappa shape index (κ1) is 16.2. The molecule has 2 heterocycles. The topological polar surface area (TPSA) is 44.7 Å². The standard InChI is InChI=1S/C13H26N2O2.ClH/c16-8-9-17-13-3-6-15(7-4-13)11-12-2-1-5-14-10-12;/h12-14,16H,1-11H2;1H. The maximum atomic E-state index is 8.72. The SMILES string of the molecule is Cl.OCCOC1CCN(CC2CCCNC2)CC1. The van der Waals surface area contributed by atoms with Gasteiger partial charge in [0.25, 0.3) is 0 Å². The molecule has 1 unspecified atom stereocenters. The van der Waals surface area contributed by atoms with Gasteiger partial charge in [-0.25, -0.2) is 0 Å². The molecule has 2 saturated heterocycles. The van der Waals surface area contributed by atoms with Crippen LogP contribution in [0.5, 0.6) is 0 Å². The number of aliphatic hydroxyl groups excluding tert-OH is 1. The van der Waals surface area contributed by atoms with Crippen molar-refractivity contribution < 1.29 is 9.84 Å². The molecule has 0 aromatic heterocycles. The predicted molar refractivity (Wildman–Crippen MR) is 75.3 cm³/mol. The normalized spacial score (nSPS) is 26.8. The van der Waals surface area contributed by atoms with Crippen LogP contribution in [0.3, 0.4) is 0 Å². The smallest absolute Gasteiger partial charge is 0.0701 e. The van der Waals surface area contributed by atoms with Crippen molar-refractivity contribution in [3.05, 3.63) is 0 Å². The summed E-state index contributed by atoms with van der Waals surface area (Å²) in [6.45, 7) is 6.61. The average molecular weight is 279 g/mol. The van der Waals surface area contributed by atoms with Crippen LogP contribution in [-0.4, -0.2) is 62.0 Å². The maximum Gasteiger partial charge on any atom is 0.0701 e. The van der Waals surface area contributed by atoms with E-state index in [-0.39, 0.29) is 19.0 Å². The van der Waals surface area contributed by atoms with E-state index >= 15 is 0 Å². The Hall–Kier alpha value is 0.130. The summed E-state index contributed by atoms with van der Waals surface area (Å²) in [6, 6.07) is 0. The number of hydrogen-bond acceptors (Lipinski definition) is 4. The van der Waals surface area contributed by atoms with Crippen molar-refractivity contribution in [2.75, 3.05) is 45.9 Å². The molecule has 2 aliphatic rings. The zero-order valence-electron chi connectivity index (χ0n) is 11.1. The molecule has 2 N–H and O–H groups in total. The van der Waals surface area contributed by atoms with E-state index in [1.165, 1.54) is 32.5 Å². The molecule has 0 spiro atoms. The Labute approximate surface area is 116 Å². The number of nitrogens with zero attached hydrogens (tertiary/aromatic N) is 1. The second-order valence-corrected chi connectivity index (χ2v) is 5.31. The zero-order chi connectivity index (χ0) is 11.9. The first-order chi connectivity index (χ1) is 8.38. The number of hydrogen-bond donors (Lipinski definition) is 2. The van der Waals surface area contributed by atoms with Crippen LogP contribution >= 0.6 is 12.4 Å². The minimum absolute atomic E-state index is 0. The van der Waals surface area contributed by atoms with Crippen LogP contribution in [0.15, 0.2) is 0 Å². The number of ether oxygens (including phenoxy) is 1. The van der Waals surface area contributed by atoms with E-state index in [0.29, 0.717) is 12.7 Å². The van der Waals surface area contributed by atoms with Gasteiger partial charge in [0.15, 0.2) is 0 Å². The molecule has 2 rings (SSSR count). The Balaban J connectivity index is 0.00000162. The van der Waals surface area contributed by atoms with Crippen molar-refractivity contribution in [3.8, 4) is 0 Å². The third kappa shape index (κ3) is 5.41. The van der Waals surface area contributed by atoms with Gasteiger partial charge < -0.3 is 20.1 Å². The number of likely N-dealkylation sites (tertiary alicyclic amines) is 1. The van der Waals surface area contributed by atoms with Gasteiger partial charge in [0.2, 0.25) is 0 Å². The van der Waals surface area contributed by atoms with Gasteiger partial charge in [-0.2, -0.15) is 0 Å².